The molecule has 0 bridgehead atoms. The van der Waals surface area contributed by atoms with Crippen molar-refractivity contribution in [3.05, 3.63) is 41.5 Å². The van der Waals surface area contributed by atoms with Gasteiger partial charge in [0.15, 0.2) is 5.96 Å². The second kappa shape index (κ2) is 8.70. The van der Waals surface area contributed by atoms with Crippen molar-refractivity contribution in [2.45, 2.75) is 39.2 Å². The van der Waals surface area contributed by atoms with Gasteiger partial charge in [-0.05, 0) is 39.2 Å². The first-order valence-corrected chi connectivity index (χ1v) is 8.88. The molecule has 0 aliphatic carbocycles. The second-order valence-electron chi connectivity index (χ2n) is 7.40. The van der Waals surface area contributed by atoms with E-state index in [4.69, 9.17) is 0 Å². The number of aliphatic imine (C=N–C) groups is 1. The number of nitrogens with one attached hydrogen (secondary N) is 2. The molecule has 1 aliphatic heterocycles. The lowest BCUT2D eigenvalue weighted by Gasteiger charge is -2.31. The Balaban J connectivity index is 1.84. The summed E-state index contributed by atoms with van der Waals surface area (Å²) >= 11 is 0. The van der Waals surface area contributed by atoms with Gasteiger partial charge >= 0.3 is 0 Å². The van der Waals surface area contributed by atoms with Crippen molar-refractivity contribution >= 4 is 17.9 Å². The van der Waals surface area contributed by atoms with Crippen LogP contribution in [0.25, 0.3) is 6.08 Å². The van der Waals surface area contributed by atoms with E-state index in [1.54, 1.807) is 7.05 Å². The molecule has 1 fully saturated rings. The highest BCUT2D eigenvalue weighted by Crippen LogP contribution is 2.19. The van der Waals surface area contributed by atoms with Crippen LogP contribution in [0.4, 0.5) is 0 Å². The van der Waals surface area contributed by atoms with E-state index in [2.05, 4.69) is 50.9 Å². The van der Waals surface area contributed by atoms with Crippen LogP contribution in [0.2, 0.25) is 0 Å². The minimum absolute atomic E-state index is 0.0182. The molecular formula is C20H30N4O. The Morgan fingerprint density at radius 2 is 1.84 bits per heavy atom. The number of guanidine groups is 1. The number of piperidine rings is 1. The zero-order chi connectivity index (χ0) is 18.3. The first-order valence-electron chi connectivity index (χ1n) is 8.88. The second-order valence-corrected chi connectivity index (χ2v) is 7.40. The van der Waals surface area contributed by atoms with Crippen molar-refractivity contribution in [3.63, 3.8) is 0 Å². The van der Waals surface area contributed by atoms with Crippen LogP contribution in [0.1, 0.15) is 39.2 Å². The summed E-state index contributed by atoms with van der Waals surface area (Å²) in [6.07, 6.45) is 4.32. The molecule has 2 N–H and O–H groups in total. The van der Waals surface area contributed by atoms with Gasteiger partial charge in [0.1, 0.15) is 0 Å². The summed E-state index contributed by atoms with van der Waals surface area (Å²) < 4.78 is 0. The number of likely N-dealkylation sites (tertiary alicyclic amines) is 1. The van der Waals surface area contributed by atoms with Crippen molar-refractivity contribution in [2.75, 3.05) is 26.7 Å². The zero-order valence-corrected chi connectivity index (χ0v) is 15.8. The third-order valence-electron chi connectivity index (χ3n) is 4.01. The Morgan fingerprint density at radius 1 is 1.20 bits per heavy atom. The van der Waals surface area contributed by atoms with Gasteiger partial charge in [-0.25, -0.2) is 0 Å². The van der Waals surface area contributed by atoms with E-state index in [9.17, 15) is 4.79 Å². The fourth-order valence-electron chi connectivity index (χ4n) is 2.89. The van der Waals surface area contributed by atoms with Gasteiger partial charge in [-0.1, -0.05) is 42.0 Å². The first kappa shape index (κ1) is 19.0. The van der Waals surface area contributed by atoms with Gasteiger partial charge in [0.2, 0.25) is 5.91 Å². The van der Waals surface area contributed by atoms with E-state index < -0.39 is 0 Å². The third-order valence-corrected chi connectivity index (χ3v) is 4.01. The smallest absolute Gasteiger partial charge is 0.239 e. The van der Waals surface area contributed by atoms with Gasteiger partial charge < -0.3 is 15.5 Å². The molecule has 1 amide bonds. The molecule has 0 unspecified atom stereocenters. The van der Waals surface area contributed by atoms with Crippen molar-refractivity contribution in [3.8, 4) is 0 Å². The normalized spacial score (nSPS) is 15.8. The van der Waals surface area contributed by atoms with E-state index in [0.29, 0.717) is 0 Å². The maximum Gasteiger partial charge on any atom is 0.239 e. The summed E-state index contributed by atoms with van der Waals surface area (Å²) in [5, 5.41) is 6.12. The number of rotatable bonds is 3. The van der Waals surface area contributed by atoms with Crippen molar-refractivity contribution in [1.29, 1.82) is 0 Å². The maximum absolute atomic E-state index is 12.0. The van der Waals surface area contributed by atoms with Crippen LogP contribution in [0.3, 0.4) is 0 Å². The predicted molar refractivity (Wildman–Crippen MR) is 104 cm³/mol. The van der Waals surface area contributed by atoms with Crippen molar-refractivity contribution in [2.24, 2.45) is 4.99 Å². The van der Waals surface area contributed by atoms with Crippen molar-refractivity contribution in [1.82, 2.24) is 15.5 Å². The Morgan fingerprint density at radius 3 is 2.40 bits per heavy atom. The highest BCUT2D eigenvalue weighted by molar-refractivity contribution is 5.86. The van der Waals surface area contributed by atoms with Gasteiger partial charge in [-0.15, -0.1) is 0 Å². The Kier molecular flexibility index (Phi) is 6.62. The summed E-state index contributed by atoms with van der Waals surface area (Å²) in [5.41, 5.74) is 2.50. The number of benzene rings is 1. The fraction of sp³-hybridized carbons (Fsp3) is 0.500. The number of nitrogens with zero attached hydrogens (tertiary/aromatic N) is 2. The third kappa shape index (κ3) is 6.61. The topological polar surface area (TPSA) is 56.7 Å². The SMILES string of the molecule is CN=C(NCC(=O)NC(C)(C)C)N1CCC(=Cc2ccccc2)CC1. The van der Waals surface area contributed by atoms with Gasteiger partial charge in [-0.2, -0.15) is 0 Å². The molecule has 1 aromatic carbocycles. The maximum atomic E-state index is 12.0. The van der Waals surface area contributed by atoms with Gasteiger partial charge in [0.05, 0.1) is 6.54 Å². The van der Waals surface area contributed by atoms with Gasteiger partial charge in [0.25, 0.3) is 0 Å². The molecule has 25 heavy (non-hydrogen) atoms. The average Bonchev–Trinajstić information content (AvgIpc) is 2.56. The molecule has 5 nitrogen and oxygen atoms in total. The summed E-state index contributed by atoms with van der Waals surface area (Å²) in [5.74, 6) is 0.776. The predicted octanol–water partition coefficient (Wildman–Crippen LogP) is 2.66. The van der Waals surface area contributed by atoms with Crippen LogP contribution in [0.15, 0.2) is 40.9 Å². The van der Waals surface area contributed by atoms with Crippen LogP contribution in [-0.4, -0.2) is 49.0 Å². The molecule has 136 valence electrons. The molecule has 0 spiro atoms. The minimum atomic E-state index is -0.218. The lowest BCUT2D eigenvalue weighted by molar-refractivity contribution is -0.121. The standard InChI is InChI=1S/C20H30N4O/c1-20(2,3)23-18(25)15-22-19(21-4)24-12-10-17(11-13-24)14-16-8-6-5-7-9-16/h5-9,14H,10-13,15H2,1-4H3,(H,21,22)(H,23,25). The van der Waals surface area contributed by atoms with Crippen LogP contribution in [0.5, 0.6) is 0 Å². The lowest BCUT2D eigenvalue weighted by atomic mass is 10.0. The summed E-state index contributed by atoms with van der Waals surface area (Å²) in [6.45, 7) is 8.01. The quantitative estimate of drug-likeness (QED) is 0.656. The summed E-state index contributed by atoms with van der Waals surface area (Å²) in [7, 11) is 1.76. The van der Waals surface area contributed by atoms with E-state index in [0.717, 1.165) is 31.9 Å². The largest absolute Gasteiger partial charge is 0.350 e. The molecule has 1 heterocycles. The number of hydrogen-bond donors (Lipinski definition) is 2. The molecule has 1 aliphatic rings. The highest BCUT2D eigenvalue weighted by atomic mass is 16.2. The van der Waals surface area contributed by atoms with Gasteiger partial charge in [-0.3, -0.25) is 9.79 Å². The summed E-state index contributed by atoms with van der Waals surface area (Å²) in [6, 6.07) is 10.4. The molecule has 2 rings (SSSR count). The molecule has 1 saturated heterocycles. The molecule has 0 radical (unpaired) electrons. The van der Waals surface area contributed by atoms with Gasteiger partial charge in [0, 0.05) is 25.7 Å². The number of hydrogen-bond acceptors (Lipinski definition) is 2. The van der Waals surface area contributed by atoms with E-state index >= 15 is 0 Å². The van der Waals surface area contributed by atoms with Crippen LogP contribution in [0, 0.1) is 0 Å². The fourth-order valence-corrected chi connectivity index (χ4v) is 2.89. The zero-order valence-electron chi connectivity index (χ0n) is 15.8. The molecule has 0 atom stereocenters. The Labute approximate surface area is 151 Å². The number of carbonyl (C=O) groups is 1. The molecule has 5 heteroatoms. The molecular weight excluding hydrogens is 312 g/mol. The molecule has 1 aromatic rings. The number of carbonyl (C=O) groups excluding carboxylic acids is 1. The van der Waals surface area contributed by atoms with Crippen molar-refractivity contribution < 1.29 is 4.79 Å². The van der Waals surface area contributed by atoms with Crippen LogP contribution < -0.4 is 10.6 Å². The monoisotopic (exact) mass is 342 g/mol. The Hall–Kier alpha value is -2.30. The minimum Gasteiger partial charge on any atom is -0.350 e. The van der Waals surface area contributed by atoms with Crippen LogP contribution in [-0.2, 0) is 4.79 Å². The summed E-state index contributed by atoms with van der Waals surface area (Å²) in [4.78, 5) is 18.5. The van der Waals surface area contributed by atoms with E-state index in [1.807, 2.05) is 26.8 Å². The van der Waals surface area contributed by atoms with Crippen LogP contribution >= 0.6 is 0 Å². The lowest BCUT2D eigenvalue weighted by Crippen LogP contribution is -2.50. The highest BCUT2D eigenvalue weighted by Gasteiger charge is 2.19. The Bertz CT molecular complexity index is 619. The molecule has 0 saturated carbocycles. The van der Waals surface area contributed by atoms with E-state index in [1.165, 1.54) is 11.1 Å². The number of amides is 1. The first-order chi connectivity index (χ1) is 11.9. The average molecular weight is 342 g/mol. The molecule has 0 aromatic heterocycles. The van der Waals surface area contributed by atoms with E-state index in [-0.39, 0.29) is 18.0 Å².